The molecule has 1 heterocycles. The van der Waals surface area contributed by atoms with E-state index in [9.17, 15) is 4.79 Å². The van der Waals surface area contributed by atoms with E-state index < -0.39 is 0 Å². The van der Waals surface area contributed by atoms with E-state index in [1.165, 1.54) is 23.1 Å². The van der Waals surface area contributed by atoms with E-state index in [1.807, 2.05) is 6.07 Å². The van der Waals surface area contributed by atoms with Gasteiger partial charge in [-0.25, -0.2) is 0 Å². The second-order valence-electron chi connectivity index (χ2n) is 7.45. The topological polar surface area (TPSA) is 46.3 Å². The number of carbonyl (C=O) groups is 1. The summed E-state index contributed by atoms with van der Waals surface area (Å²) in [6.07, 6.45) is 5.07. The third-order valence-corrected chi connectivity index (χ3v) is 5.81. The molecule has 2 aromatic rings. The van der Waals surface area contributed by atoms with Gasteiger partial charge in [-0.05, 0) is 42.4 Å². The third-order valence-electron chi connectivity index (χ3n) is 5.81. The first-order valence-electron chi connectivity index (χ1n) is 9.43. The van der Waals surface area contributed by atoms with Gasteiger partial charge in [-0.2, -0.15) is 0 Å². The second-order valence-corrected chi connectivity index (χ2v) is 7.45. The molecule has 0 radical (unpaired) electrons. The van der Waals surface area contributed by atoms with Crippen molar-refractivity contribution in [1.29, 1.82) is 0 Å². The molecule has 1 saturated carbocycles. The first-order chi connectivity index (χ1) is 12.2. The van der Waals surface area contributed by atoms with Gasteiger partial charge in [0.15, 0.2) is 0 Å². The summed E-state index contributed by atoms with van der Waals surface area (Å²) in [5.41, 5.74) is 10.1. The van der Waals surface area contributed by atoms with Crippen LogP contribution < -0.4 is 5.73 Å². The maximum atomic E-state index is 12.7. The van der Waals surface area contributed by atoms with Crippen LogP contribution in [-0.4, -0.2) is 29.4 Å². The summed E-state index contributed by atoms with van der Waals surface area (Å²) >= 11 is 0. The monoisotopic (exact) mass is 334 g/mol. The minimum Gasteiger partial charge on any atom is -0.338 e. The highest BCUT2D eigenvalue weighted by Crippen LogP contribution is 2.32. The molecule has 1 amide bonds. The molecule has 4 rings (SSSR count). The van der Waals surface area contributed by atoms with Crippen molar-refractivity contribution in [3.05, 3.63) is 60.2 Å². The van der Waals surface area contributed by atoms with E-state index in [2.05, 4.69) is 53.4 Å². The molecular formula is C22H26N2O. The second kappa shape index (κ2) is 7.01. The number of amides is 1. The van der Waals surface area contributed by atoms with E-state index in [1.54, 1.807) is 0 Å². The Hall–Kier alpha value is -2.13. The normalized spacial score (nSPS) is 23.5. The van der Waals surface area contributed by atoms with E-state index >= 15 is 0 Å². The first kappa shape index (κ1) is 16.3. The molecule has 2 N–H and O–H groups in total. The van der Waals surface area contributed by atoms with Gasteiger partial charge in [0.25, 0.3) is 0 Å². The van der Waals surface area contributed by atoms with Crippen molar-refractivity contribution in [1.82, 2.24) is 4.90 Å². The summed E-state index contributed by atoms with van der Waals surface area (Å²) in [6.45, 7) is 0.819. The number of carbonyl (C=O) groups excluding carboxylic acids is 1. The van der Waals surface area contributed by atoms with Gasteiger partial charge >= 0.3 is 0 Å². The number of nitrogens with zero attached hydrogens (tertiary/aromatic N) is 1. The fourth-order valence-electron chi connectivity index (χ4n) is 4.05. The number of benzene rings is 2. The zero-order valence-electron chi connectivity index (χ0n) is 14.6. The fraction of sp³-hybridized carbons (Fsp3) is 0.409. The van der Waals surface area contributed by atoms with Gasteiger partial charge in [-0.3, -0.25) is 4.79 Å². The summed E-state index contributed by atoms with van der Waals surface area (Å²) in [5.74, 6) is 0.590. The summed E-state index contributed by atoms with van der Waals surface area (Å²) in [6, 6.07) is 19.3. The van der Waals surface area contributed by atoms with Gasteiger partial charge in [0.05, 0.1) is 6.04 Å². The van der Waals surface area contributed by atoms with Crippen LogP contribution in [0, 0.1) is 5.92 Å². The first-order valence-corrected chi connectivity index (χ1v) is 9.43. The Bertz CT molecular complexity index is 739. The Balaban J connectivity index is 1.53. The molecule has 2 fully saturated rings. The van der Waals surface area contributed by atoms with Gasteiger partial charge < -0.3 is 10.6 Å². The summed E-state index contributed by atoms with van der Waals surface area (Å²) in [4.78, 5) is 14.8. The lowest BCUT2D eigenvalue weighted by atomic mass is 9.84. The van der Waals surface area contributed by atoms with Gasteiger partial charge in [0.1, 0.15) is 0 Å². The Morgan fingerprint density at radius 2 is 1.76 bits per heavy atom. The van der Waals surface area contributed by atoms with Crippen molar-refractivity contribution in [2.45, 2.75) is 44.2 Å². The van der Waals surface area contributed by atoms with Crippen LogP contribution in [0.4, 0.5) is 0 Å². The molecule has 25 heavy (non-hydrogen) atoms. The molecule has 1 saturated heterocycles. The molecule has 130 valence electrons. The number of nitrogens with two attached hydrogens (primary N) is 1. The largest absolute Gasteiger partial charge is 0.338 e. The van der Waals surface area contributed by atoms with Crippen LogP contribution in [-0.2, 0) is 11.2 Å². The lowest BCUT2D eigenvalue weighted by Crippen LogP contribution is -2.47. The quantitative estimate of drug-likeness (QED) is 0.928. The Kier molecular flexibility index (Phi) is 4.58. The van der Waals surface area contributed by atoms with Crippen molar-refractivity contribution in [3.8, 4) is 11.1 Å². The van der Waals surface area contributed by atoms with E-state index in [0.717, 1.165) is 32.2 Å². The van der Waals surface area contributed by atoms with E-state index in [-0.39, 0.29) is 18.0 Å². The molecule has 3 heteroatoms. The lowest BCUT2D eigenvalue weighted by Gasteiger charge is -2.33. The SMILES string of the molecule is NC1CCN(C(=O)C2CCC2)C1Cc1cccc(-c2ccccc2)c1. The average Bonchev–Trinajstić information content (AvgIpc) is 2.95. The van der Waals surface area contributed by atoms with Crippen molar-refractivity contribution in [2.75, 3.05) is 6.54 Å². The smallest absolute Gasteiger partial charge is 0.225 e. The zero-order valence-corrected chi connectivity index (χ0v) is 14.6. The number of hydrogen-bond donors (Lipinski definition) is 1. The van der Waals surface area contributed by atoms with Crippen LogP contribution in [0.5, 0.6) is 0 Å². The van der Waals surface area contributed by atoms with Crippen LogP contribution in [0.2, 0.25) is 0 Å². The zero-order chi connectivity index (χ0) is 17.2. The highest BCUT2D eigenvalue weighted by Gasteiger charge is 2.39. The summed E-state index contributed by atoms with van der Waals surface area (Å²) in [5, 5.41) is 0. The maximum absolute atomic E-state index is 12.7. The average molecular weight is 334 g/mol. The van der Waals surface area contributed by atoms with E-state index in [0.29, 0.717) is 5.91 Å². The lowest BCUT2D eigenvalue weighted by molar-refractivity contribution is -0.139. The molecule has 0 spiro atoms. The maximum Gasteiger partial charge on any atom is 0.225 e. The Labute approximate surface area is 149 Å². The molecule has 2 aliphatic rings. The van der Waals surface area contributed by atoms with Gasteiger partial charge in [-0.1, -0.05) is 61.0 Å². The number of likely N-dealkylation sites (tertiary alicyclic amines) is 1. The van der Waals surface area contributed by atoms with Crippen LogP contribution in [0.3, 0.4) is 0 Å². The molecule has 0 aromatic heterocycles. The van der Waals surface area contributed by atoms with Crippen molar-refractivity contribution >= 4 is 5.91 Å². The molecule has 2 atom stereocenters. The Morgan fingerprint density at radius 3 is 2.48 bits per heavy atom. The standard InChI is InChI=1S/C22H26N2O/c23-20-12-13-24(22(25)18-9-5-10-18)21(20)15-16-6-4-11-19(14-16)17-7-2-1-3-8-17/h1-4,6-8,11,14,18,20-21H,5,9-10,12-13,15,23H2. The minimum absolute atomic E-state index is 0.0874. The highest BCUT2D eigenvalue weighted by molar-refractivity contribution is 5.80. The molecule has 1 aliphatic heterocycles. The van der Waals surface area contributed by atoms with Crippen LogP contribution in [0.15, 0.2) is 54.6 Å². The van der Waals surface area contributed by atoms with Gasteiger partial charge in [0, 0.05) is 18.5 Å². The molecule has 0 bridgehead atoms. The van der Waals surface area contributed by atoms with Gasteiger partial charge in [-0.15, -0.1) is 0 Å². The molecule has 2 unspecified atom stereocenters. The number of hydrogen-bond acceptors (Lipinski definition) is 2. The summed E-state index contributed by atoms with van der Waals surface area (Å²) < 4.78 is 0. The van der Waals surface area contributed by atoms with Crippen LogP contribution >= 0.6 is 0 Å². The van der Waals surface area contributed by atoms with E-state index in [4.69, 9.17) is 5.73 Å². The predicted octanol–water partition coefficient (Wildman–Crippen LogP) is 3.62. The Morgan fingerprint density at radius 1 is 1.00 bits per heavy atom. The summed E-state index contributed by atoms with van der Waals surface area (Å²) in [7, 11) is 0. The molecule has 3 nitrogen and oxygen atoms in total. The van der Waals surface area contributed by atoms with Gasteiger partial charge in [0.2, 0.25) is 5.91 Å². The van der Waals surface area contributed by atoms with Crippen molar-refractivity contribution in [3.63, 3.8) is 0 Å². The molecule has 2 aromatic carbocycles. The highest BCUT2D eigenvalue weighted by atomic mass is 16.2. The minimum atomic E-state index is 0.0874. The predicted molar refractivity (Wildman–Crippen MR) is 101 cm³/mol. The van der Waals surface area contributed by atoms with Crippen LogP contribution in [0.25, 0.3) is 11.1 Å². The van der Waals surface area contributed by atoms with Crippen molar-refractivity contribution in [2.24, 2.45) is 11.7 Å². The fourth-order valence-corrected chi connectivity index (χ4v) is 4.05. The molecular weight excluding hydrogens is 308 g/mol. The number of rotatable bonds is 4. The third kappa shape index (κ3) is 3.34. The van der Waals surface area contributed by atoms with Crippen LogP contribution in [0.1, 0.15) is 31.2 Å². The molecule has 1 aliphatic carbocycles. The van der Waals surface area contributed by atoms with Crippen molar-refractivity contribution < 1.29 is 4.79 Å².